The van der Waals surface area contributed by atoms with Gasteiger partial charge >= 0.3 is 0 Å². The lowest BCUT2D eigenvalue weighted by Crippen LogP contribution is -2.37. The Kier molecular flexibility index (Phi) is 5.12. The van der Waals surface area contributed by atoms with Gasteiger partial charge in [-0.15, -0.1) is 0 Å². The summed E-state index contributed by atoms with van der Waals surface area (Å²) in [4.78, 5) is 4.87. The summed E-state index contributed by atoms with van der Waals surface area (Å²) in [5.41, 5.74) is 0.872. The lowest BCUT2D eigenvalue weighted by Gasteiger charge is -2.29. The molecular weight excluding hydrogens is 430 g/mol. The lowest BCUT2D eigenvalue weighted by atomic mass is 9.98. The highest BCUT2D eigenvalue weighted by Gasteiger charge is 2.32. The number of halogens is 1. The Labute approximate surface area is 166 Å². The van der Waals surface area contributed by atoms with Gasteiger partial charge in [-0.1, -0.05) is 51.4 Å². The van der Waals surface area contributed by atoms with Crippen molar-refractivity contribution in [1.82, 2.24) is 14.4 Å². The molecule has 1 fully saturated rings. The van der Waals surface area contributed by atoms with Crippen molar-refractivity contribution < 1.29 is 12.9 Å². The highest BCUT2D eigenvalue weighted by molar-refractivity contribution is 9.10. The first kappa shape index (κ1) is 18.3. The van der Waals surface area contributed by atoms with E-state index in [2.05, 4.69) is 26.1 Å². The summed E-state index contributed by atoms with van der Waals surface area (Å²) < 4.78 is 33.4. The van der Waals surface area contributed by atoms with E-state index in [0.717, 1.165) is 10.0 Å². The monoisotopic (exact) mass is 447 g/mol. The number of nitrogens with zero attached hydrogens (tertiary/aromatic N) is 3. The van der Waals surface area contributed by atoms with Crippen molar-refractivity contribution >= 4 is 26.0 Å². The zero-order valence-corrected chi connectivity index (χ0v) is 16.9. The minimum atomic E-state index is -3.45. The Bertz CT molecular complexity index is 1030. The summed E-state index contributed by atoms with van der Waals surface area (Å²) in [5, 5.41) is 4.09. The largest absolute Gasteiger partial charge is 0.339 e. The van der Waals surface area contributed by atoms with Crippen molar-refractivity contribution in [1.29, 1.82) is 0 Å². The van der Waals surface area contributed by atoms with Gasteiger partial charge in [0.1, 0.15) is 0 Å². The lowest BCUT2D eigenvalue weighted by molar-refractivity contribution is 0.271. The van der Waals surface area contributed by atoms with Crippen LogP contribution in [0.4, 0.5) is 0 Å². The van der Waals surface area contributed by atoms with Crippen LogP contribution in [0.2, 0.25) is 0 Å². The first-order valence-corrected chi connectivity index (χ1v) is 10.9. The summed E-state index contributed by atoms with van der Waals surface area (Å²) in [7, 11) is -3.45. The zero-order valence-electron chi connectivity index (χ0n) is 14.5. The van der Waals surface area contributed by atoms with Crippen LogP contribution >= 0.6 is 15.9 Å². The summed E-state index contributed by atoms with van der Waals surface area (Å²) >= 11 is 3.50. The van der Waals surface area contributed by atoms with Crippen molar-refractivity contribution in [3.63, 3.8) is 0 Å². The Morgan fingerprint density at radius 1 is 1.00 bits per heavy atom. The van der Waals surface area contributed by atoms with Crippen molar-refractivity contribution in [3.05, 3.63) is 65.0 Å². The van der Waals surface area contributed by atoms with E-state index < -0.39 is 10.0 Å². The average molecular weight is 448 g/mol. The SMILES string of the molecule is O=S(=O)(c1ccccc1)N1CCC(c2nc(-c3ccccc3Br)no2)CC1. The zero-order chi connectivity index (χ0) is 18.9. The highest BCUT2D eigenvalue weighted by atomic mass is 79.9. The van der Waals surface area contributed by atoms with Gasteiger partial charge in [0.05, 0.1) is 4.90 Å². The number of piperidine rings is 1. The van der Waals surface area contributed by atoms with E-state index in [9.17, 15) is 8.42 Å². The molecule has 3 aromatic rings. The van der Waals surface area contributed by atoms with Crippen LogP contribution in [-0.2, 0) is 10.0 Å². The Balaban J connectivity index is 1.47. The third-order valence-electron chi connectivity index (χ3n) is 4.74. The number of benzene rings is 2. The van der Waals surface area contributed by atoms with Gasteiger partial charge in [0.2, 0.25) is 21.7 Å². The second-order valence-corrected chi connectivity index (χ2v) is 9.22. The smallest absolute Gasteiger partial charge is 0.243 e. The molecule has 1 aliphatic rings. The number of hydrogen-bond donors (Lipinski definition) is 0. The van der Waals surface area contributed by atoms with E-state index in [1.165, 1.54) is 4.31 Å². The van der Waals surface area contributed by atoms with Crippen molar-refractivity contribution in [2.75, 3.05) is 13.1 Å². The summed E-state index contributed by atoms with van der Waals surface area (Å²) in [5.74, 6) is 1.17. The van der Waals surface area contributed by atoms with Crippen molar-refractivity contribution in [2.45, 2.75) is 23.7 Å². The van der Waals surface area contributed by atoms with Crippen molar-refractivity contribution in [2.24, 2.45) is 0 Å². The Morgan fingerprint density at radius 2 is 1.67 bits per heavy atom. The molecule has 2 aromatic carbocycles. The number of aromatic nitrogens is 2. The third-order valence-corrected chi connectivity index (χ3v) is 7.35. The summed E-state index contributed by atoms with van der Waals surface area (Å²) in [6.07, 6.45) is 1.31. The van der Waals surface area contributed by atoms with E-state index in [0.29, 0.717) is 42.5 Å². The van der Waals surface area contributed by atoms with Gasteiger partial charge in [-0.2, -0.15) is 9.29 Å². The van der Waals surface area contributed by atoms with Gasteiger partial charge in [-0.3, -0.25) is 0 Å². The molecule has 1 aromatic heterocycles. The van der Waals surface area contributed by atoms with Gasteiger partial charge < -0.3 is 4.52 Å². The van der Waals surface area contributed by atoms with Gasteiger partial charge in [-0.05, 0) is 37.1 Å². The number of rotatable bonds is 4. The average Bonchev–Trinajstić information content (AvgIpc) is 3.19. The highest BCUT2D eigenvalue weighted by Crippen LogP contribution is 2.32. The molecular formula is C19H18BrN3O3S. The molecule has 0 spiro atoms. The maximum Gasteiger partial charge on any atom is 0.243 e. The molecule has 0 amide bonds. The second kappa shape index (κ2) is 7.53. The fourth-order valence-corrected chi connectivity index (χ4v) is 5.19. The van der Waals surface area contributed by atoms with Gasteiger partial charge in [-0.25, -0.2) is 8.42 Å². The molecule has 0 N–H and O–H groups in total. The molecule has 8 heteroatoms. The predicted molar refractivity (Wildman–Crippen MR) is 105 cm³/mol. The molecule has 0 radical (unpaired) electrons. The molecule has 0 unspecified atom stereocenters. The predicted octanol–water partition coefficient (Wildman–Crippen LogP) is 4.07. The molecule has 1 saturated heterocycles. The van der Waals surface area contributed by atoms with E-state index >= 15 is 0 Å². The molecule has 0 bridgehead atoms. The standard InChI is InChI=1S/C19H18BrN3O3S/c20-17-9-5-4-8-16(17)18-21-19(26-22-18)14-10-12-23(13-11-14)27(24,25)15-6-2-1-3-7-15/h1-9,14H,10-13H2. The molecule has 27 heavy (non-hydrogen) atoms. The number of sulfonamides is 1. The first-order chi connectivity index (χ1) is 13.1. The van der Waals surface area contributed by atoms with Crippen LogP contribution in [0.25, 0.3) is 11.4 Å². The minimum Gasteiger partial charge on any atom is -0.339 e. The third kappa shape index (κ3) is 3.69. The fourth-order valence-electron chi connectivity index (χ4n) is 3.24. The minimum absolute atomic E-state index is 0.0657. The summed E-state index contributed by atoms with van der Waals surface area (Å²) in [6.45, 7) is 0.878. The van der Waals surface area contributed by atoms with Crippen molar-refractivity contribution in [3.8, 4) is 11.4 Å². The molecule has 1 aliphatic heterocycles. The van der Waals surface area contributed by atoms with E-state index in [1.807, 2.05) is 30.3 Å². The van der Waals surface area contributed by atoms with Crippen LogP contribution in [-0.4, -0.2) is 36.0 Å². The number of hydrogen-bond acceptors (Lipinski definition) is 5. The second-order valence-electron chi connectivity index (χ2n) is 6.43. The molecule has 4 rings (SSSR count). The topological polar surface area (TPSA) is 76.3 Å². The first-order valence-electron chi connectivity index (χ1n) is 8.69. The molecule has 0 aliphatic carbocycles. The van der Waals surface area contributed by atoms with Gasteiger partial charge in [0.15, 0.2) is 0 Å². The quantitative estimate of drug-likeness (QED) is 0.602. The van der Waals surface area contributed by atoms with E-state index in [4.69, 9.17) is 4.52 Å². The summed E-state index contributed by atoms with van der Waals surface area (Å²) in [6, 6.07) is 16.2. The van der Waals surface area contributed by atoms with E-state index in [-0.39, 0.29) is 5.92 Å². The molecule has 0 saturated carbocycles. The van der Waals surface area contributed by atoms with E-state index in [1.54, 1.807) is 24.3 Å². The van der Waals surface area contributed by atoms with Crippen LogP contribution < -0.4 is 0 Å². The molecule has 0 atom stereocenters. The molecule has 6 nitrogen and oxygen atoms in total. The van der Waals surface area contributed by atoms with Gasteiger partial charge in [0, 0.05) is 29.0 Å². The Morgan fingerprint density at radius 3 is 2.37 bits per heavy atom. The maximum absolute atomic E-state index is 12.7. The van der Waals surface area contributed by atoms with Crippen LogP contribution in [0.1, 0.15) is 24.7 Å². The molecule has 2 heterocycles. The van der Waals surface area contributed by atoms with Crippen LogP contribution in [0.3, 0.4) is 0 Å². The van der Waals surface area contributed by atoms with Crippen LogP contribution in [0.5, 0.6) is 0 Å². The maximum atomic E-state index is 12.7. The molecule has 140 valence electrons. The van der Waals surface area contributed by atoms with Crippen LogP contribution in [0, 0.1) is 0 Å². The Hall–Kier alpha value is -2.03. The van der Waals surface area contributed by atoms with Gasteiger partial charge in [0.25, 0.3) is 0 Å². The fraction of sp³-hybridized carbons (Fsp3) is 0.263. The normalized spacial score (nSPS) is 16.5. The van der Waals surface area contributed by atoms with Crippen LogP contribution in [0.15, 0.2) is 68.5 Å².